The molecule has 0 aromatic rings. The van der Waals surface area contributed by atoms with Crippen LogP contribution in [-0.4, -0.2) is 209 Å². The van der Waals surface area contributed by atoms with Gasteiger partial charge in [-0.3, -0.25) is 0 Å². The van der Waals surface area contributed by atoms with Gasteiger partial charge in [0.25, 0.3) is 0 Å². The van der Waals surface area contributed by atoms with E-state index in [0.717, 1.165) is 0 Å². The van der Waals surface area contributed by atoms with Gasteiger partial charge in [0.05, 0.1) is 85.9 Å². The minimum Gasteiger partial charge on any atom is -0.419 e. The molecular weight excluding hydrogens is 1660 g/mol. The van der Waals surface area contributed by atoms with Crippen LogP contribution in [0.5, 0.6) is 0 Å². The fourth-order valence-electron chi connectivity index (χ4n) is 2.36. The van der Waals surface area contributed by atoms with Crippen molar-refractivity contribution in [3.63, 3.8) is 0 Å². The van der Waals surface area contributed by atoms with E-state index in [1.165, 1.54) is 14.0 Å². The van der Waals surface area contributed by atoms with Crippen molar-refractivity contribution < 1.29 is 137 Å². The molecule has 0 heterocycles. The largest absolute Gasteiger partial charge is 0.419 e. The normalized spacial score (nSPS) is 12.7. The van der Waals surface area contributed by atoms with Crippen molar-refractivity contribution in [1.29, 1.82) is 0 Å². The monoisotopic (exact) mass is 1720 g/mol. The van der Waals surface area contributed by atoms with E-state index >= 15 is 0 Å². The van der Waals surface area contributed by atoms with Gasteiger partial charge in [-0.15, -0.1) is 0 Å². The molecule has 0 aliphatic carbocycles. The van der Waals surface area contributed by atoms with E-state index in [9.17, 15) is 48.3 Å². The van der Waals surface area contributed by atoms with Crippen molar-refractivity contribution >= 4 is 0 Å². The molecule has 9 N–H and O–H groups in total. The zero-order valence-corrected chi connectivity index (χ0v) is 53.4. The molecule has 0 saturated heterocycles. The molecule has 0 spiro atoms. The molecule has 4 atom stereocenters. The van der Waals surface area contributed by atoms with Crippen molar-refractivity contribution in [3.05, 3.63) is 19.3 Å². The van der Waals surface area contributed by atoms with Gasteiger partial charge >= 0.3 is 12.2 Å². The Balaban J connectivity index is -0.0000000805. The van der Waals surface area contributed by atoms with Gasteiger partial charge in [-0.25, -0.2) is 9.70 Å². The van der Waals surface area contributed by atoms with Gasteiger partial charge in [0.15, 0.2) is 0 Å². The number of hydrogen-bond donors (Lipinski definition) is 9. The first-order valence-electron chi connectivity index (χ1n) is 16.4. The zero-order valence-electron chi connectivity index (χ0n) is 34.2. The van der Waals surface area contributed by atoms with Gasteiger partial charge in [-0.1, -0.05) is 11.4 Å². The minimum absolute atomic E-state index is 0. The standard InChI is InChI=1S/C7H12F3O3.C7H14F2O5.C7H13F2O4.C6H11F2O3.C3H6F2O.FHO.3Rf/c8-1-2-12-3-6(11)4-13-5-7(9)10;8-7(9,12)5-14-4-6(11)3-13-2-1-10;8-7(9)5-13-4-6(11)3-12-2-1-10;1-10-2-5(9)3-11-4-6(7)8;1-2-3(4,5)6;1-2;;;/h6,11H,1-5H2;6,10-12H,1-5H2;6,10-11H,1-5H2;5,9H,2-4H2,1H3;6H,2H2,1H3;2H;;;/q-1;;2*-1;;;;;. The number of methoxy groups -OCH3 is 1. The summed E-state index contributed by atoms with van der Waals surface area (Å²) in [4.78, 5) is 0. The fourth-order valence-corrected chi connectivity index (χ4v) is 2.36. The first-order valence-corrected chi connectivity index (χ1v) is 16.4. The van der Waals surface area contributed by atoms with Gasteiger partial charge in [-0.05, 0) is 19.8 Å². The van der Waals surface area contributed by atoms with E-state index in [0.29, 0.717) is 0 Å². The molecule has 0 aliphatic heterocycles. The number of ether oxygens (including phenoxy) is 8. The van der Waals surface area contributed by atoms with Crippen LogP contribution in [0.15, 0.2) is 0 Å². The fraction of sp³-hybridized carbons (Fsp3) is 0.900. The molecule has 4 unspecified atom stereocenters. The van der Waals surface area contributed by atoms with Crippen LogP contribution < -0.4 is 0 Å². The molecule has 62 heavy (non-hydrogen) atoms. The van der Waals surface area contributed by atoms with Gasteiger partial charge < -0.3 is 105 Å². The van der Waals surface area contributed by atoms with Crippen LogP contribution in [0.25, 0.3) is 0 Å². The molecule has 0 amide bonds. The molecule has 0 radical (unpaired) electrons. The average molecular weight is 1720 g/mol. The maximum absolute atomic E-state index is 11.8. The van der Waals surface area contributed by atoms with Crippen LogP contribution in [-0.2, 0) is 37.9 Å². The Labute approximate surface area is 332 Å². The molecule has 0 saturated carbocycles. The minimum atomic E-state index is -3.88. The summed E-state index contributed by atoms with van der Waals surface area (Å²) >= 11 is 0. The third-order valence-corrected chi connectivity index (χ3v) is 4.56. The van der Waals surface area contributed by atoms with Crippen LogP contribution in [0.3, 0.4) is 0 Å². The molecule has 0 rings (SSSR count). The van der Waals surface area contributed by atoms with Crippen molar-refractivity contribution in [3.8, 4) is 0 Å². The number of aliphatic hydroxyl groups excluding tert-OH is 6. The molecule has 17 nitrogen and oxygen atoms in total. The zero-order chi connectivity index (χ0) is 47.1. The summed E-state index contributed by atoms with van der Waals surface area (Å²) in [5.74, 6) is 0. The van der Waals surface area contributed by atoms with Crippen molar-refractivity contribution in [2.24, 2.45) is 0 Å². The maximum atomic E-state index is 11.8. The smallest absolute Gasteiger partial charge is 0.376 e. The third-order valence-electron chi connectivity index (χ3n) is 4.56. The summed E-state index contributed by atoms with van der Waals surface area (Å²) in [6.07, 6.45) is -17.1. The predicted octanol–water partition coefficient (Wildman–Crippen LogP) is 0.821. The Bertz CT molecular complexity index is 762. The van der Waals surface area contributed by atoms with Gasteiger partial charge in [-0.2, -0.15) is 17.6 Å². The summed E-state index contributed by atoms with van der Waals surface area (Å²) in [5, 5.41) is 73.4. The van der Waals surface area contributed by atoms with Crippen LogP contribution in [0.1, 0.15) is 13.3 Å². The van der Waals surface area contributed by atoms with E-state index in [1.807, 2.05) is 0 Å². The third kappa shape index (κ3) is 95.7. The summed E-state index contributed by atoms with van der Waals surface area (Å²) < 4.78 is 170. The molecule has 0 bridgehead atoms. The molecule has 32 heteroatoms. The summed E-state index contributed by atoms with van der Waals surface area (Å²) in [7, 11) is 1.41. The van der Waals surface area contributed by atoms with Crippen molar-refractivity contribution in [2.45, 2.75) is 50.0 Å². The predicted molar refractivity (Wildman–Crippen MR) is 176 cm³/mol. The number of rotatable bonds is 31. The van der Waals surface area contributed by atoms with Gasteiger partial charge in [0.2, 0.25) is 0 Å². The van der Waals surface area contributed by atoms with Crippen molar-refractivity contribution in [2.75, 3.05) is 126 Å². The van der Waals surface area contributed by atoms with E-state index in [2.05, 4.69) is 28.4 Å². The first kappa shape index (κ1) is 78.0. The maximum Gasteiger partial charge on any atom is 0.376 e. The molecule has 0 aromatic carbocycles. The summed E-state index contributed by atoms with van der Waals surface area (Å²) in [6, 6.07) is 0. The molecule has 372 valence electrons. The van der Waals surface area contributed by atoms with Gasteiger partial charge in [0, 0.05) is 32.8 Å². The summed E-state index contributed by atoms with van der Waals surface area (Å²) in [6.45, 7) is -4.24. The van der Waals surface area contributed by atoms with E-state index in [-0.39, 0.29) is 85.9 Å². The van der Waals surface area contributed by atoms with E-state index < -0.39 is 95.4 Å². The van der Waals surface area contributed by atoms with Crippen LogP contribution >= 0.6 is 0 Å². The Morgan fingerprint density at radius 2 is 0.742 bits per heavy atom. The first-order chi connectivity index (χ1) is 27.5. The quantitative estimate of drug-likeness (QED) is 0.0265. The number of alkyl halides is 5. The van der Waals surface area contributed by atoms with Crippen LogP contribution in [0, 0.1) is 19.3 Å². The molecule has 0 aliphatic rings. The second kappa shape index (κ2) is 56.5. The average Bonchev–Trinajstić information content (AvgIpc) is 3.13. The summed E-state index contributed by atoms with van der Waals surface area (Å²) in [5.41, 5.74) is 0. The number of halogens is 12. The van der Waals surface area contributed by atoms with Crippen molar-refractivity contribution in [1.82, 2.24) is 0 Å². The molecular formula is C30H57F12O17Rf3-3. The van der Waals surface area contributed by atoms with Crippen LogP contribution in [0.2, 0.25) is 0 Å². The number of hydrogen-bond acceptors (Lipinski definition) is 17. The Morgan fingerprint density at radius 1 is 0.484 bits per heavy atom. The van der Waals surface area contributed by atoms with Crippen LogP contribution in [0.4, 0.5) is 52.8 Å². The van der Waals surface area contributed by atoms with E-state index in [1.54, 1.807) is 0 Å². The molecule has 0 aromatic heterocycles. The topological polar surface area (TPSA) is 256 Å². The Morgan fingerprint density at radius 3 is 0.968 bits per heavy atom. The second-order valence-corrected chi connectivity index (χ2v) is 10.2. The SMILES string of the molecule is CCC(O)(F)F.COCC(O)COC[C-](F)F.OC(COCCF)COC[C-](F)F.OCCOCC(O)COCC(O)(F)F.OCCOCC(O)COC[C-](F)F.OF.[Rf].[Rf].[Rf]. The Kier molecular flexibility index (Phi) is 71.1. The van der Waals surface area contributed by atoms with E-state index in [4.69, 9.17) is 60.2 Å². The second-order valence-electron chi connectivity index (χ2n) is 10.2. The van der Waals surface area contributed by atoms with Gasteiger partial charge in [0.1, 0.15) is 37.7 Å². The number of aliphatic hydroxyl groups is 8. The molecule has 0 fully saturated rings. The Hall–Kier alpha value is -4.52.